The zero-order valence-electron chi connectivity index (χ0n) is 13.6. The summed E-state index contributed by atoms with van der Waals surface area (Å²) in [4.78, 5) is 2.56. The highest BCUT2D eigenvalue weighted by Crippen LogP contribution is 2.27. The maximum Gasteiger partial charge on any atom is 0.123 e. The van der Waals surface area contributed by atoms with Gasteiger partial charge in [-0.1, -0.05) is 24.9 Å². The van der Waals surface area contributed by atoms with Gasteiger partial charge in [-0.2, -0.15) is 0 Å². The van der Waals surface area contributed by atoms with Gasteiger partial charge in [0.15, 0.2) is 0 Å². The van der Waals surface area contributed by atoms with Crippen LogP contribution >= 0.6 is 11.6 Å². The van der Waals surface area contributed by atoms with Crippen LogP contribution in [0.5, 0.6) is 5.75 Å². The van der Waals surface area contributed by atoms with E-state index in [4.69, 9.17) is 16.3 Å². The van der Waals surface area contributed by atoms with Gasteiger partial charge in [-0.15, -0.1) is 0 Å². The Morgan fingerprint density at radius 1 is 1.43 bits per heavy atom. The standard InChI is InChI=1S/C17H27ClN2O/c1-5-6-15-10-19-17(2,3)12-20(15)11-13-9-14(18)7-8-16(13)21-4/h7-9,15,19H,5-6,10-12H2,1-4H3. The number of piperazine rings is 1. The van der Waals surface area contributed by atoms with Crippen LogP contribution in [-0.4, -0.2) is 36.7 Å². The predicted octanol–water partition coefficient (Wildman–Crippen LogP) is 3.70. The van der Waals surface area contributed by atoms with Crippen molar-refractivity contribution in [1.82, 2.24) is 10.2 Å². The van der Waals surface area contributed by atoms with Crippen molar-refractivity contribution in [3.05, 3.63) is 28.8 Å². The number of rotatable bonds is 5. The lowest BCUT2D eigenvalue weighted by molar-refractivity contribution is 0.0819. The highest BCUT2D eigenvalue weighted by molar-refractivity contribution is 6.30. The number of halogens is 1. The first-order valence-electron chi connectivity index (χ1n) is 7.76. The Morgan fingerprint density at radius 2 is 2.19 bits per heavy atom. The second kappa shape index (κ2) is 6.99. The fourth-order valence-corrected chi connectivity index (χ4v) is 3.30. The maximum absolute atomic E-state index is 6.16. The SMILES string of the molecule is CCCC1CNC(C)(C)CN1Cc1cc(Cl)ccc1OC. The largest absolute Gasteiger partial charge is 0.496 e. The third-order valence-electron chi connectivity index (χ3n) is 4.17. The average Bonchev–Trinajstić information content (AvgIpc) is 2.42. The second-order valence-corrected chi connectivity index (χ2v) is 7.00. The van der Waals surface area contributed by atoms with E-state index in [1.807, 2.05) is 18.2 Å². The first-order chi connectivity index (χ1) is 9.95. The molecule has 1 N–H and O–H groups in total. The molecule has 1 fully saturated rings. The summed E-state index contributed by atoms with van der Waals surface area (Å²) in [6, 6.07) is 6.44. The lowest BCUT2D eigenvalue weighted by Gasteiger charge is -2.45. The summed E-state index contributed by atoms with van der Waals surface area (Å²) < 4.78 is 5.49. The van der Waals surface area contributed by atoms with Crippen LogP contribution in [0, 0.1) is 0 Å². The number of methoxy groups -OCH3 is 1. The van der Waals surface area contributed by atoms with E-state index >= 15 is 0 Å². The topological polar surface area (TPSA) is 24.5 Å². The second-order valence-electron chi connectivity index (χ2n) is 6.57. The van der Waals surface area contributed by atoms with Gasteiger partial charge in [0.1, 0.15) is 5.75 Å². The zero-order chi connectivity index (χ0) is 15.5. The number of hydrogen-bond acceptors (Lipinski definition) is 3. The minimum absolute atomic E-state index is 0.149. The molecular formula is C17H27ClN2O. The molecule has 0 amide bonds. The molecular weight excluding hydrogens is 284 g/mol. The van der Waals surface area contributed by atoms with E-state index in [-0.39, 0.29) is 5.54 Å². The molecule has 4 heteroatoms. The zero-order valence-corrected chi connectivity index (χ0v) is 14.3. The fourth-order valence-electron chi connectivity index (χ4n) is 3.11. The van der Waals surface area contributed by atoms with Crippen molar-refractivity contribution in [2.75, 3.05) is 20.2 Å². The Morgan fingerprint density at radius 3 is 2.86 bits per heavy atom. The molecule has 1 unspecified atom stereocenters. The van der Waals surface area contributed by atoms with Gasteiger partial charge in [-0.25, -0.2) is 0 Å². The van der Waals surface area contributed by atoms with E-state index in [9.17, 15) is 0 Å². The van der Waals surface area contributed by atoms with Crippen molar-refractivity contribution in [3.8, 4) is 5.75 Å². The van der Waals surface area contributed by atoms with E-state index in [1.165, 1.54) is 18.4 Å². The average molecular weight is 311 g/mol. The molecule has 3 nitrogen and oxygen atoms in total. The van der Waals surface area contributed by atoms with Crippen LogP contribution in [0.1, 0.15) is 39.2 Å². The summed E-state index contributed by atoms with van der Waals surface area (Å²) in [5.41, 5.74) is 1.32. The van der Waals surface area contributed by atoms with Crippen molar-refractivity contribution < 1.29 is 4.74 Å². The van der Waals surface area contributed by atoms with Crippen LogP contribution in [0.3, 0.4) is 0 Å². The molecule has 0 bridgehead atoms. The lowest BCUT2D eigenvalue weighted by Crippen LogP contribution is -2.61. The molecule has 1 saturated heterocycles. The van der Waals surface area contributed by atoms with E-state index in [1.54, 1.807) is 7.11 Å². The molecule has 1 aromatic rings. The van der Waals surface area contributed by atoms with E-state index < -0.39 is 0 Å². The third-order valence-corrected chi connectivity index (χ3v) is 4.40. The molecule has 0 radical (unpaired) electrons. The summed E-state index contributed by atoms with van der Waals surface area (Å²) in [7, 11) is 1.72. The van der Waals surface area contributed by atoms with Gasteiger partial charge in [0.2, 0.25) is 0 Å². The van der Waals surface area contributed by atoms with Crippen LogP contribution in [0.2, 0.25) is 5.02 Å². The summed E-state index contributed by atoms with van der Waals surface area (Å²) in [5, 5.41) is 4.42. The van der Waals surface area contributed by atoms with Gasteiger partial charge in [-0.05, 0) is 38.5 Å². The highest BCUT2D eigenvalue weighted by Gasteiger charge is 2.32. The van der Waals surface area contributed by atoms with Crippen molar-refractivity contribution >= 4 is 11.6 Å². The van der Waals surface area contributed by atoms with Crippen LogP contribution < -0.4 is 10.1 Å². The summed E-state index contributed by atoms with van der Waals surface area (Å²) >= 11 is 6.16. The first kappa shape index (κ1) is 16.6. The molecule has 1 heterocycles. The first-order valence-corrected chi connectivity index (χ1v) is 8.14. The summed E-state index contributed by atoms with van der Waals surface area (Å²) in [5.74, 6) is 0.922. The number of benzene rings is 1. The van der Waals surface area contributed by atoms with Crippen LogP contribution in [0.25, 0.3) is 0 Å². The van der Waals surface area contributed by atoms with Crippen molar-refractivity contribution in [3.63, 3.8) is 0 Å². The molecule has 0 spiro atoms. The summed E-state index contributed by atoms with van der Waals surface area (Å²) in [6.45, 7) is 9.74. The molecule has 1 aliphatic heterocycles. The minimum atomic E-state index is 0.149. The molecule has 2 rings (SSSR count). The lowest BCUT2D eigenvalue weighted by atomic mass is 9.96. The smallest absolute Gasteiger partial charge is 0.123 e. The number of hydrogen-bond donors (Lipinski definition) is 1. The summed E-state index contributed by atoms with van der Waals surface area (Å²) in [6.07, 6.45) is 2.42. The molecule has 21 heavy (non-hydrogen) atoms. The van der Waals surface area contributed by atoms with Crippen LogP contribution in [-0.2, 0) is 6.54 Å². The van der Waals surface area contributed by atoms with Gasteiger partial charge in [-0.3, -0.25) is 4.90 Å². The molecule has 1 aliphatic rings. The Kier molecular flexibility index (Phi) is 5.53. The Hall–Kier alpha value is -0.770. The van der Waals surface area contributed by atoms with Crippen LogP contribution in [0.4, 0.5) is 0 Å². The highest BCUT2D eigenvalue weighted by atomic mass is 35.5. The number of nitrogens with zero attached hydrogens (tertiary/aromatic N) is 1. The minimum Gasteiger partial charge on any atom is -0.496 e. The molecule has 1 aromatic carbocycles. The van der Waals surface area contributed by atoms with Crippen LogP contribution in [0.15, 0.2) is 18.2 Å². The molecule has 118 valence electrons. The van der Waals surface area contributed by atoms with Gasteiger partial charge in [0, 0.05) is 41.8 Å². The quantitative estimate of drug-likeness (QED) is 0.897. The van der Waals surface area contributed by atoms with Gasteiger partial charge < -0.3 is 10.1 Å². The monoisotopic (exact) mass is 310 g/mol. The molecule has 0 saturated carbocycles. The Balaban J connectivity index is 2.19. The van der Waals surface area contributed by atoms with Gasteiger partial charge in [0.25, 0.3) is 0 Å². The normalized spacial score (nSPS) is 22.2. The number of nitrogens with one attached hydrogen (secondary N) is 1. The third kappa shape index (κ3) is 4.35. The maximum atomic E-state index is 6.16. The van der Waals surface area contributed by atoms with Crippen molar-refractivity contribution in [2.45, 2.75) is 51.7 Å². The predicted molar refractivity (Wildman–Crippen MR) is 89.2 cm³/mol. The molecule has 0 aromatic heterocycles. The van der Waals surface area contributed by atoms with Gasteiger partial charge >= 0.3 is 0 Å². The number of ether oxygens (including phenoxy) is 1. The van der Waals surface area contributed by atoms with E-state index in [0.717, 1.165) is 30.4 Å². The fraction of sp³-hybridized carbons (Fsp3) is 0.647. The molecule has 1 atom stereocenters. The van der Waals surface area contributed by atoms with Gasteiger partial charge in [0.05, 0.1) is 7.11 Å². The Bertz CT molecular complexity index is 476. The Labute approximate surface area is 133 Å². The van der Waals surface area contributed by atoms with E-state index in [2.05, 4.69) is 31.0 Å². The van der Waals surface area contributed by atoms with Crippen molar-refractivity contribution in [1.29, 1.82) is 0 Å². The van der Waals surface area contributed by atoms with E-state index in [0.29, 0.717) is 6.04 Å². The van der Waals surface area contributed by atoms with Crippen molar-refractivity contribution in [2.24, 2.45) is 0 Å². The molecule has 0 aliphatic carbocycles.